The molecule has 1 unspecified atom stereocenters. The van der Waals surface area contributed by atoms with Crippen molar-refractivity contribution in [2.75, 3.05) is 6.61 Å². The minimum absolute atomic E-state index is 0.148. The zero-order chi connectivity index (χ0) is 12.5. The summed E-state index contributed by atoms with van der Waals surface area (Å²) in [5, 5.41) is 2.72. The van der Waals surface area contributed by atoms with Gasteiger partial charge in [-0.3, -0.25) is 0 Å². The molecule has 2 aromatic rings. The topological polar surface area (TPSA) is 35.2 Å². The van der Waals surface area contributed by atoms with Crippen molar-refractivity contribution in [3.05, 3.63) is 50.7 Å². The molecule has 0 radical (unpaired) electrons. The van der Waals surface area contributed by atoms with Gasteiger partial charge in [0.2, 0.25) is 0 Å². The summed E-state index contributed by atoms with van der Waals surface area (Å²) in [4.78, 5) is 1.02. The molecular weight excluding hydrogens is 266 g/mol. The van der Waals surface area contributed by atoms with Crippen molar-refractivity contribution in [1.29, 1.82) is 0 Å². The second kappa shape index (κ2) is 4.92. The Balaban J connectivity index is 1.95. The fourth-order valence-electron chi connectivity index (χ4n) is 2.25. The largest absolute Gasteiger partial charge is 0.493 e. The van der Waals surface area contributed by atoms with Gasteiger partial charge in [-0.15, -0.1) is 11.3 Å². The fraction of sp³-hybridized carbons (Fsp3) is 0.286. The number of hydrogen-bond donors (Lipinski definition) is 1. The second-order valence-electron chi connectivity index (χ2n) is 4.43. The van der Waals surface area contributed by atoms with Crippen LogP contribution >= 0.6 is 22.9 Å². The number of rotatable bonds is 2. The molecule has 1 atom stereocenters. The van der Waals surface area contributed by atoms with Crippen molar-refractivity contribution in [2.24, 2.45) is 5.73 Å². The molecule has 4 heteroatoms. The van der Waals surface area contributed by atoms with Crippen molar-refractivity contribution in [3.63, 3.8) is 0 Å². The highest BCUT2D eigenvalue weighted by Crippen LogP contribution is 2.34. The van der Waals surface area contributed by atoms with Gasteiger partial charge in [-0.05, 0) is 41.5 Å². The molecule has 18 heavy (non-hydrogen) atoms. The van der Waals surface area contributed by atoms with Crippen LogP contribution in [0.3, 0.4) is 0 Å². The van der Waals surface area contributed by atoms with Crippen molar-refractivity contribution in [3.8, 4) is 5.75 Å². The molecule has 94 valence electrons. The summed E-state index contributed by atoms with van der Waals surface area (Å²) in [6.45, 7) is 0.815. The second-order valence-corrected chi connectivity index (χ2v) is 5.78. The van der Waals surface area contributed by atoms with E-state index in [0.29, 0.717) is 0 Å². The van der Waals surface area contributed by atoms with E-state index >= 15 is 0 Å². The van der Waals surface area contributed by atoms with E-state index in [9.17, 15) is 0 Å². The Labute approximate surface area is 115 Å². The first-order chi connectivity index (χ1) is 8.75. The average Bonchev–Trinajstić information content (AvgIpc) is 2.83. The Kier molecular flexibility index (Phi) is 3.29. The van der Waals surface area contributed by atoms with E-state index in [1.165, 1.54) is 5.56 Å². The molecule has 1 aromatic heterocycles. The Bertz CT molecular complexity index is 567. The summed E-state index contributed by atoms with van der Waals surface area (Å²) < 4.78 is 5.61. The Morgan fingerprint density at radius 3 is 3.00 bits per heavy atom. The number of benzene rings is 1. The van der Waals surface area contributed by atoms with Gasteiger partial charge in [0.25, 0.3) is 0 Å². The fourth-order valence-corrected chi connectivity index (χ4v) is 3.46. The van der Waals surface area contributed by atoms with Crippen LogP contribution in [-0.4, -0.2) is 6.61 Å². The van der Waals surface area contributed by atoms with Crippen LogP contribution in [0.2, 0.25) is 5.02 Å². The predicted molar refractivity (Wildman–Crippen MR) is 75.6 cm³/mol. The number of hydrogen-bond acceptors (Lipinski definition) is 3. The predicted octanol–water partition coefficient (Wildman–Crippen LogP) is 3.77. The lowest BCUT2D eigenvalue weighted by Crippen LogP contribution is -2.13. The van der Waals surface area contributed by atoms with E-state index in [2.05, 4.69) is 6.07 Å². The number of nitrogens with two attached hydrogens (primary N) is 1. The normalized spacial score (nSPS) is 15.9. The molecule has 0 amide bonds. The lowest BCUT2D eigenvalue weighted by atomic mass is 9.99. The minimum Gasteiger partial charge on any atom is -0.493 e. The maximum Gasteiger partial charge on any atom is 0.122 e. The van der Waals surface area contributed by atoms with Gasteiger partial charge in [-0.1, -0.05) is 23.7 Å². The maximum atomic E-state index is 6.28. The lowest BCUT2D eigenvalue weighted by Gasteiger charge is -2.19. The van der Waals surface area contributed by atoms with Crippen molar-refractivity contribution < 1.29 is 4.74 Å². The number of aryl methyl sites for hydroxylation is 1. The van der Waals surface area contributed by atoms with Crippen LogP contribution in [0.4, 0.5) is 0 Å². The smallest absolute Gasteiger partial charge is 0.122 e. The van der Waals surface area contributed by atoms with Gasteiger partial charge in [0.1, 0.15) is 5.75 Å². The van der Waals surface area contributed by atoms with Crippen LogP contribution < -0.4 is 10.5 Å². The van der Waals surface area contributed by atoms with Gasteiger partial charge < -0.3 is 10.5 Å². The molecule has 1 aromatic carbocycles. The van der Waals surface area contributed by atoms with Crippen LogP contribution in [0.15, 0.2) is 29.6 Å². The molecule has 2 N–H and O–H groups in total. The first kappa shape index (κ1) is 12.0. The highest BCUT2D eigenvalue weighted by atomic mass is 35.5. The molecule has 0 fully saturated rings. The molecule has 1 aliphatic rings. The third-order valence-electron chi connectivity index (χ3n) is 3.22. The van der Waals surface area contributed by atoms with Crippen LogP contribution in [0.25, 0.3) is 0 Å². The maximum absolute atomic E-state index is 6.28. The first-order valence-corrected chi connectivity index (χ1v) is 7.25. The van der Waals surface area contributed by atoms with Gasteiger partial charge in [-0.2, -0.15) is 0 Å². The summed E-state index contributed by atoms with van der Waals surface area (Å²) in [6, 6.07) is 7.94. The molecule has 0 bridgehead atoms. The third kappa shape index (κ3) is 2.14. The molecule has 0 saturated carbocycles. The molecule has 3 rings (SSSR count). The van der Waals surface area contributed by atoms with E-state index in [1.54, 1.807) is 11.3 Å². The van der Waals surface area contributed by atoms with Crippen LogP contribution in [-0.2, 0) is 6.42 Å². The molecule has 2 nitrogen and oxygen atoms in total. The zero-order valence-corrected chi connectivity index (χ0v) is 11.4. The van der Waals surface area contributed by atoms with Gasteiger partial charge in [0.05, 0.1) is 17.7 Å². The Hall–Kier alpha value is -1.03. The number of halogens is 1. The monoisotopic (exact) mass is 279 g/mol. The minimum atomic E-state index is -0.148. The third-order valence-corrected chi connectivity index (χ3v) is 4.66. The number of thiophene rings is 1. The number of ether oxygens (including phenoxy) is 1. The standard InChI is InChI=1S/C14H14ClNOS/c15-11-5-7-18-14(11)13(16)10-3-4-12-9(8-10)2-1-6-17-12/h3-5,7-8,13H,1-2,6,16H2. The highest BCUT2D eigenvalue weighted by Gasteiger charge is 2.17. The highest BCUT2D eigenvalue weighted by molar-refractivity contribution is 7.10. The van der Waals surface area contributed by atoms with E-state index < -0.39 is 0 Å². The number of fused-ring (bicyclic) bond motifs is 1. The Morgan fingerprint density at radius 2 is 2.22 bits per heavy atom. The molecular formula is C14H14ClNOS. The van der Waals surface area contributed by atoms with Crippen molar-refractivity contribution >= 4 is 22.9 Å². The molecule has 0 spiro atoms. The summed E-state index contributed by atoms with van der Waals surface area (Å²) >= 11 is 7.74. The van der Waals surface area contributed by atoms with Gasteiger partial charge in [-0.25, -0.2) is 0 Å². The molecule has 0 saturated heterocycles. The van der Waals surface area contributed by atoms with Crippen molar-refractivity contribution in [1.82, 2.24) is 0 Å². The van der Waals surface area contributed by atoms with E-state index in [-0.39, 0.29) is 6.04 Å². The van der Waals surface area contributed by atoms with Gasteiger partial charge in [0.15, 0.2) is 0 Å². The summed E-state index contributed by atoms with van der Waals surface area (Å²) in [7, 11) is 0. The van der Waals surface area contributed by atoms with Crippen LogP contribution in [0.5, 0.6) is 5.75 Å². The summed E-state index contributed by atoms with van der Waals surface area (Å²) in [5.74, 6) is 0.995. The molecule has 2 heterocycles. The van der Waals surface area contributed by atoms with E-state index in [4.69, 9.17) is 22.1 Å². The van der Waals surface area contributed by atoms with Gasteiger partial charge in [0, 0.05) is 4.88 Å². The quantitative estimate of drug-likeness (QED) is 0.908. The van der Waals surface area contributed by atoms with E-state index in [0.717, 1.165) is 40.7 Å². The first-order valence-electron chi connectivity index (χ1n) is 6.00. The zero-order valence-electron chi connectivity index (χ0n) is 9.86. The van der Waals surface area contributed by atoms with Gasteiger partial charge >= 0.3 is 0 Å². The summed E-state index contributed by atoms with van der Waals surface area (Å²) in [5.41, 5.74) is 8.63. The van der Waals surface area contributed by atoms with Crippen LogP contribution in [0, 0.1) is 0 Å². The average molecular weight is 280 g/mol. The molecule has 1 aliphatic heterocycles. The lowest BCUT2D eigenvalue weighted by molar-refractivity contribution is 0.288. The SMILES string of the molecule is NC(c1ccc2c(c1)CCCO2)c1sccc1Cl. The summed E-state index contributed by atoms with van der Waals surface area (Å²) in [6.07, 6.45) is 2.14. The molecule has 0 aliphatic carbocycles. The van der Waals surface area contributed by atoms with E-state index in [1.807, 2.05) is 23.6 Å². The Morgan fingerprint density at radius 1 is 1.33 bits per heavy atom. The van der Waals surface area contributed by atoms with Crippen molar-refractivity contribution in [2.45, 2.75) is 18.9 Å². The van der Waals surface area contributed by atoms with Crippen LogP contribution in [0.1, 0.15) is 28.5 Å².